The Hall–Kier alpha value is -0.710. The van der Waals surface area contributed by atoms with Crippen LogP contribution in [0.4, 0.5) is 0 Å². The molecular weight excluding hydrogens is 290 g/mol. The fraction of sp³-hybridized carbons (Fsp3) is 0.842. The minimum atomic E-state index is -1.74. The number of carbonyl (C=O) groups is 1. The third-order valence-electron chi connectivity index (χ3n) is 4.34. The maximum atomic E-state index is 10.9. The van der Waals surface area contributed by atoms with Gasteiger partial charge in [-0.15, -0.1) is 0 Å². The molecule has 0 aliphatic heterocycles. The number of aliphatic hydroxyl groups is 2. The minimum absolute atomic E-state index is 0.394. The van der Waals surface area contributed by atoms with Crippen LogP contribution in [0.15, 0.2) is 12.2 Å². The second-order valence-corrected chi connectivity index (χ2v) is 6.52. The molecule has 0 aromatic heterocycles. The van der Waals surface area contributed by atoms with Crippen molar-refractivity contribution in [3.63, 3.8) is 0 Å². The van der Waals surface area contributed by atoms with Crippen LogP contribution in [0.2, 0.25) is 0 Å². The largest absolute Gasteiger partial charge is 0.395 e. The number of aliphatic hydroxyl groups excluding tert-OH is 1. The van der Waals surface area contributed by atoms with E-state index < -0.39 is 18.2 Å². The average molecular weight is 328 g/mol. The predicted octanol–water partition coefficient (Wildman–Crippen LogP) is 3.49. The number of hydrogen-bond acceptors (Lipinski definition) is 4. The van der Waals surface area contributed by atoms with Crippen LogP contribution < -0.4 is 5.73 Å². The van der Waals surface area contributed by atoms with E-state index in [9.17, 15) is 9.90 Å². The summed E-state index contributed by atoms with van der Waals surface area (Å²) in [7, 11) is 0. The van der Waals surface area contributed by atoms with Gasteiger partial charge in [0.15, 0.2) is 11.9 Å². The Morgan fingerprint density at radius 2 is 1.43 bits per heavy atom. The summed E-state index contributed by atoms with van der Waals surface area (Å²) >= 11 is 0. The summed E-state index contributed by atoms with van der Waals surface area (Å²) < 4.78 is 0. The van der Waals surface area contributed by atoms with Crippen LogP contribution in [-0.2, 0) is 4.79 Å². The Bertz CT molecular complexity index is 307. The second kappa shape index (κ2) is 14.9. The van der Waals surface area contributed by atoms with Gasteiger partial charge in [0, 0.05) is 0 Å². The normalized spacial score (nSPS) is 15.7. The second-order valence-electron chi connectivity index (χ2n) is 6.52. The van der Waals surface area contributed by atoms with Gasteiger partial charge >= 0.3 is 0 Å². The number of nitrogens with two attached hydrogens (primary N) is 1. The zero-order valence-electron chi connectivity index (χ0n) is 14.9. The molecule has 0 aromatic rings. The lowest BCUT2D eigenvalue weighted by molar-refractivity contribution is -0.122. The predicted molar refractivity (Wildman–Crippen MR) is 96.3 cm³/mol. The standard InChI is InChI=1S/C19H37NO3/c1-2-3-4-5-6-7-8-9-10-11-12-13-14-15-19(23,17-22)18(20)16-21/h14-15,17-18,21,23H,2-13,16,20H2,1H3/b15-14+/t18-,19-/m0/s1. The van der Waals surface area contributed by atoms with Gasteiger partial charge in [0.05, 0.1) is 12.6 Å². The number of rotatable bonds is 16. The molecule has 0 aliphatic carbocycles. The molecule has 4 N–H and O–H groups in total. The van der Waals surface area contributed by atoms with Crippen LogP contribution in [0.3, 0.4) is 0 Å². The molecule has 4 nitrogen and oxygen atoms in total. The lowest BCUT2D eigenvalue weighted by Gasteiger charge is -2.23. The van der Waals surface area contributed by atoms with Gasteiger partial charge in [-0.1, -0.05) is 77.2 Å². The minimum Gasteiger partial charge on any atom is -0.395 e. The van der Waals surface area contributed by atoms with Crippen molar-refractivity contribution in [3.05, 3.63) is 12.2 Å². The van der Waals surface area contributed by atoms with Crippen LogP contribution >= 0.6 is 0 Å². The number of hydrogen-bond donors (Lipinski definition) is 3. The fourth-order valence-electron chi connectivity index (χ4n) is 2.60. The lowest BCUT2D eigenvalue weighted by atomic mass is 9.96. The van der Waals surface area contributed by atoms with E-state index in [1.807, 2.05) is 0 Å². The Morgan fingerprint density at radius 3 is 1.87 bits per heavy atom. The summed E-state index contributed by atoms with van der Waals surface area (Å²) in [4.78, 5) is 10.9. The quantitative estimate of drug-likeness (QED) is 0.230. The van der Waals surface area contributed by atoms with Crippen molar-refractivity contribution in [3.8, 4) is 0 Å². The maximum Gasteiger partial charge on any atom is 0.157 e. The number of allylic oxidation sites excluding steroid dienone is 1. The third-order valence-corrected chi connectivity index (χ3v) is 4.34. The van der Waals surface area contributed by atoms with E-state index in [-0.39, 0.29) is 0 Å². The van der Waals surface area contributed by atoms with Crippen molar-refractivity contribution in [1.29, 1.82) is 0 Å². The highest BCUT2D eigenvalue weighted by Gasteiger charge is 2.30. The molecule has 0 aromatic carbocycles. The summed E-state index contributed by atoms with van der Waals surface area (Å²) in [6.45, 7) is 1.83. The van der Waals surface area contributed by atoms with E-state index in [0.29, 0.717) is 6.29 Å². The third kappa shape index (κ3) is 11.5. The topological polar surface area (TPSA) is 83.5 Å². The summed E-state index contributed by atoms with van der Waals surface area (Å²) in [6, 6.07) is -0.964. The molecule has 0 aliphatic rings. The highest BCUT2D eigenvalue weighted by Crippen LogP contribution is 2.13. The van der Waals surface area contributed by atoms with Crippen molar-refractivity contribution in [2.45, 2.75) is 95.6 Å². The molecule has 0 saturated heterocycles. The molecule has 0 amide bonds. The molecular formula is C19H37NO3. The zero-order chi connectivity index (χ0) is 17.4. The molecule has 0 heterocycles. The molecule has 23 heavy (non-hydrogen) atoms. The van der Waals surface area contributed by atoms with Crippen molar-refractivity contribution in [2.24, 2.45) is 5.73 Å². The van der Waals surface area contributed by atoms with Gasteiger partial charge in [-0.3, -0.25) is 4.79 Å². The van der Waals surface area contributed by atoms with Crippen molar-refractivity contribution in [2.75, 3.05) is 6.61 Å². The Morgan fingerprint density at radius 1 is 0.957 bits per heavy atom. The SMILES string of the molecule is CCCCCCCCCCCCC/C=C/[C@](O)(C=O)[C@@H](N)CO. The van der Waals surface area contributed by atoms with Gasteiger partial charge in [0.2, 0.25) is 0 Å². The molecule has 0 bridgehead atoms. The number of unbranched alkanes of at least 4 members (excludes halogenated alkanes) is 11. The molecule has 2 atom stereocenters. The summed E-state index contributed by atoms with van der Waals surface area (Å²) in [5.41, 5.74) is 3.78. The average Bonchev–Trinajstić information content (AvgIpc) is 2.57. The van der Waals surface area contributed by atoms with Crippen LogP contribution in [0, 0.1) is 0 Å². The number of aldehydes is 1. The van der Waals surface area contributed by atoms with E-state index in [1.54, 1.807) is 6.08 Å². The van der Waals surface area contributed by atoms with Gasteiger partial charge in [0.25, 0.3) is 0 Å². The summed E-state index contributed by atoms with van der Waals surface area (Å²) in [5, 5.41) is 18.9. The van der Waals surface area contributed by atoms with E-state index in [0.717, 1.165) is 12.8 Å². The van der Waals surface area contributed by atoms with Crippen molar-refractivity contribution in [1.82, 2.24) is 0 Å². The van der Waals surface area contributed by atoms with Gasteiger partial charge in [-0.2, -0.15) is 0 Å². The Kier molecular flexibility index (Phi) is 14.4. The Balaban J connectivity index is 3.51. The van der Waals surface area contributed by atoms with Crippen LogP contribution in [-0.4, -0.2) is 34.7 Å². The van der Waals surface area contributed by atoms with E-state index in [2.05, 4.69) is 6.92 Å². The van der Waals surface area contributed by atoms with Gasteiger partial charge in [0.1, 0.15) is 0 Å². The molecule has 0 rings (SSSR count). The first-order valence-electron chi connectivity index (χ1n) is 9.33. The first kappa shape index (κ1) is 22.3. The van der Waals surface area contributed by atoms with Crippen LogP contribution in [0.1, 0.15) is 84.0 Å². The fourth-order valence-corrected chi connectivity index (χ4v) is 2.60. The highest BCUT2D eigenvalue weighted by molar-refractivity contribution is 5.67. The Labute approximate surface area is 142 Å². The van der Waals surface area contributed by atoms with Gasteiger partial charge in [-0.25, -0.2) is 0 Å². The first-order chi connectivity index (χ1) is 11.1. The molecule has 136 valence electrons. The molecule has 0 radical (unpaired) electrons. The van der Waals surface area contributed by atoms with Crippen LogP contribution in [0.25, 0.3) is 0 Å². The zero-order valence-corrected chi connectivity index (χ0v) is 14.9. The monoisotopic (exact) mass is 327 g/mol. The molecule has 0 fully saturated rings. The summed E-state index contributed by atoms with van der Waals surface area (Å²) in [6.07, 6.45) is 18.7. The molecule has 4 heteroatoms. The molecule has 0 spiro atoms. The van der Waals surface area contributed by atoms with E-state index in [4.69, 9.17) is 10.8 Å². The molecule has 0 saturated carbocycles. The van der Waals surface area contributed by atoms with E-state index in [1.165, 1.54) is 70.3 Å². The maximum absolute atomic E-state index is 10.9. The van der Waals surface area contributed by atoms with Gasteiger partial charge < -0.3 is 15.9 Å². The summed E-state index contributed by atoms with van der Waals surface area (Å²) in [5.74, 6) is 0. The van der Waals surface area contributed by atoms with Gasteiger partial charge in [-0.05, 0) is 18.9 Å². The van der Waals surface area contributed by atoms with E-state index >= 15 is 0 Å². The van der Waals surface area contributed by atoms with Crippen molar-refractivity contribution < 1.29 is 15.0 Å². The smallest absolute Gasteiger partial charge is 0.157 e. The first-order valence-corrected chi connectivity index (χ1v) is 9.33. The highest BCUT2D eigenvalue weighted by atomic mass is 16.3. The van der Waals surface area contributed by atoms with Crippen LogP contribution in [0.5, 0.6) is 0 Å². The lowest BCUT2D eigenvalue weighted by Crippen LogP contribution is -2.50. The molecule has 0 unspecified atom stereocenters. The van der Waals surface area contributed by atoms with Crippen molar-refractivity contribution >= 4 is 6.29 Å². The number of carbonyl (C=O) groups excluding carboxylic acids is 1.